The summed E-state index contributed by atoms with van der Waals surface area (Å²) in [7, 11) is 0. The smallest absolute Gasteiger partial charge is 0.237 e. The third-order valence-electron chi connectivity index (χ3n) is 8.84. The molecule has 0 fully saturated rings. The van der Waals surface area contributed by atoms with Gasteiger partial charge in [-0.05, 0) is 91.2 Å². The first-order valence-electron chi connectivity index (χ1n) is 18.1. The SMILES string of the molecule is N[C@@H](Cc1ccccc1)C(=O)NCCCc1cc(CCCNC(=O)[C@@H](N)Cc2ccccc2)cc(CCCNC(=O)[C@@H](N)Cc2ccccc2)c1. The second kappa shape index (κ2) is 21.4. The van der Waals surface area contributed by atoms with Gasteiger partial charge in [0.15, 0.2) is 0 Å². The molecule has 0 unspecified atom stereocenters. The minimum atomic E-state index is -0.593. The molecule has 4 aromatic carbocycles. The van der Waals surface area contributed by atoms with Crippen molar-refractivity contribution in [2.45, 2.75) is 75.9 Å². The van der Waals surface area contributed by atoms with Gasteiger partial charge in [0, 0.05) is 19.6 Å². The zero-order valence-electron chi connectivity index (χ0n) is 29.6. The van der Waals surface area contributed by atoms with Crippen molar-refractivity contribution in [2.24, 2.45) is 17.2 Å². The number of hydrogen-bond acceptors (Lipinski definition) is 6. The van der Waals surface area contributed by atoms with Crippen LogP contribution < -0.4 is 33.2 Å². The molecule has 51 heavy (non-hydrogen) atoms. The molecule has 0 aromatic heterocycles. The topological polar surface area (TPSA) is 165 Å². The van der Waals surface area contributed by atoms with Crippen LogP contribution in [0.1, 0.15) is 52.6 Å². The van der Waals surface area contributed by atoms with E-state index in [-0.39, 0.29) is 17.7 Å². The van der Waals surface area contributed by atoms with Gasteiger partial charge < -0.3 is 33.2 Å². The first-order chi connectivity index (χ1) is 24.8. The van der Waals surface area contributed by atoms with Gasteiger partial charge in [0.25, 0.3) is 0 Å². The fourth-order valence-corrected chi connectivity index (χ4v) is 6.06. The average molecular weight is 691 g/mol. The monoisotopic (exact) mass is 690 g/mol. The van der Waals surface area contributed by atoms with E-state index in [0.717, 1.165) is 55.2 Å². The molecule has 9 nitrogen and oxygen atoms in total. The lowest BCUT2D eigenvalue weighted by molar-refractivity contribution is -0.123. The maximum absolute atomic E-state index is 12.6. The molecule has 3 atom stereocenters. The van der Waals surface area contributed by atoms with E-state index in [1.165, 1.54) is 16.7 Å². The number of benzene rings is 4. The average Bonchev–Trinajstić information content (AvgIpc) is 3.14. The summed E-state index contributed by atoms with van der Waals surface area (Å²) in [5, 5.41) is 8.97. The van der Waals surface area contributed by atoms with Crippen molar-refractivity contribution in [2.75, 3.05) is 19.6 Å². The summed E-state index contributed by atoms with van der Waals surface area (Å²) in [5.74, 6) is -0.446. The number of nitrogens with two attached hydrogens (primary N) is 3. The third-order valence-corrected chi connectivity index (χ3v) is 8.84. The van der Waals surface area contributed by atoms with Crippen molar-refractivity contribution >= 4 is 17.7 Å². The lowest BCUT2D eigenvalue weighted by atomic mass is 9.97. The van der Waals surface area contributed by atoms with Gasteiger partial charge in [-0.2, -0.15) is 0 Å². The predicted molar refractivity (Wildman–Crippen MR) is 205 cm³/mol. The number of nitrogens with one attached hydrogen (secondary N) is 3. The van der Waals surface area contributed by atoms with Crippen molar-refractivity contribution in [3.8, 4) is 0 Å². The van der Waals surface area contributed by atoms with Gasteiger partial charge in [-0.25, -0.2) is 0 Å². The number of carbonyl (C=O) groups is 3. The highest BCUT2D eigenvalue weighted by Gasteiger charge is 2.16. The highest BCUT2D eigenvalue weighted by atomic mass is 16.2. The van der Waals surface area contributed by atoms with Crippen molar-refractivity contribution in [1.82, 2.24) is 16.0 Å². The molecule has 0 heterocycles. The number of carbonyl (C=O) groups excluding carboxylic acids is 3. The van der Waals surface area contributed by atoms with E-state index in [4.69, 9.17) is 17.2 Å². The van der Waals surface area contributed by atoms with E-state index < -0.39 is 18.1 Å². The molecule has 0 aliphatic heterocycles. The fraction of sp³-hybridized carbons (Fsp3) is 0.357. The van der Waals surface area contributed by atoms with E-state index >= 15 is 0 Å². The molecule has 4 rings (SSSR count). The Morgan fingerprint density at radius 3 is 0.922 bits per heavy atom. The number of rotatable bonds is 21. The molecule has 4 aromatic rings. The van der Waals surface area contributed by atoms with Crippen molar-refractivity contribution < 1.29 is 14.4 Å². The van der Waals surface area contributed by atoms with Gasteiger partial charge in [-0.15, -0.1) is 0 Å². The van der Waals surface area contributed by atoms with E-state index in [9.17, 15) is 14.4 Å². The molecular weight excluding hydrogens is 637 g/mol. The predicted octanol–water partition coefficient (Wildman–Crippen LogP) is 3.54. The molecule has 0 saturated carbocycles. The quantitative estimate of drug-likeness (QED) is 0.0733. The van der Waals surface area contributed by atoms with Gasteiger partial charge >= 0.3 is 0 Å². The van der Waals surface area contributed by atoms with Crippen molar-refractivity contribution in [3.63, 3.8) is 0 Å². The summed E-state index contributed by atoms with van der Waals surface area (Å²) in [4.78, 5) is 37.8. The fourth-order valence-electron chi connectivity index (χ4n) is 6.06. The first kappa shape index (κ1) is 39.0. The van der Waals surface area contributed by atoms with E-state index in [2.05, 4.69) is 34.1 Å². The Labute approximate surface area is 302 Å². The summed E-state index contributed by atoms with van der Waals surface area (Å²) in [6, 6.07) is 34.2. The maximum atomic E-state index is 12.6. The molecule has 0 aliphatic rings. The molecule has 270 valence electrons. The van der Waals surface area contributed by atoms with Crippen LogP contribution in [-0.4, -0.2) is 55.5 Å². The van der Waals surface area contributed by atoms with Gasteiger partial charge in [-0.3, -0.25) is 14.4 Å². The summed E-state index contributed by atoms with van der Waals surface area (Å²) in [6.07, 6.45) is 6.21. The Hall–Kier alpha value is -4.83. The van der Waals surface area contributed by atoms with Crippen LogP contribution in [0.3, 0.4) is 0 Å². The van der Waals surface area contributed by atoms with Crippen LogP contribution in [0, 0.1) is 0 Å². The second-order valence-electron chi connectivity index (χ2n) is 13.2. The summed E-state index contributed by atoms with van der Waals surface area (Å²) in [6.45, 7) is 1.60. The van der Waals surface area contributed by atoms with Gasteiger partial charge in [0.2, 0.25) is 17.7 Å². The molecule has 9 N–H and O–H groups in total. The van der Waals surface area contributed by atoms with E-state index in [1.54, 1.807) is 0 Å². The first-order valence-corrected chi connectivity index (χ1v) is 18.1. The molecule has 0 aliphatic carbocycles. The van der Waals surface area contributed by atoms with Crippen molar-refractivity contribution in [1.29, 1.82) is 0 Å². The normalized spacial score (nSPS) is 12.8. The summed E-state index contributed by atoms with van der Waals surface area (Å²) < 4.78 is 0. The second-order valence-corrected chi connectivity index (χ2v) is 13.2. The number of aryl methyl sites for hydroxylation is 3. The molecule has 3 amide bonds. The maximum Gasteiger partial charge on any atom is 0.237 e. The van der Waals surface area contributed by atoms with Crippen LogP contribution >= 0.6 is 0 Å². The van der Waals surface area contributed by atoms with Crippen LogP contribution in [-0.2, 0) is 52.9 Å². The molecule has 0 bridgehead atoms. The van der Waals surface area contributed by atoms with Crippen LogP contribution in [0.25, 0.3) is 0 Å². The van der Waals surface area contributed by atoms with Crippen LogP contribution in [0.2, 0.25) is 0 Å². The minimum absolute atomic E-state index is 0.149. The lowest BCUT2D eigenvalue weighted by Crippen LogP contribution is -2.42. The van der Waals surface area contributed by atoms with Gasteiger partial charge in [0.05, 0.1) is 18.1 Å². The lowest BCUT2D eigenvalue weighted by Gasteiger charge is -2.14. The number of amides is 3. The zero-order chi connectivity index (χ0) is 36.3. The third kappa shape index (κ3) is 14.5. The molecule has 9 heteroatoms. The molecule has 0 radical (unpaired) electrons. The summed E-state index contributed by atoms with van der Waals surface area (Å²) in [5.41, 5.74) is 25.1. The van der Waals surface area contributed by atoms with E-state index in [1.807, 2.05) is 91.0 Å². The number of hydrogen-bond donors (Lipinski definition) is 6. The Bertz CT molecular complexity index is 1430. The van der Waals surface area contributed by atoms with Gasteiger partial charge in [0.1, 0.15) is 0 Å². The van der Waals surface area contributed by atoms with Crippen LogP contribution in [0.5, 0.6) is 0 Å². The largest absolute Gasteiger partial charge is 0.355 e. The van der Waals surface area contributed by atoms with Gasteiger partial charge in [-0.1, -0.05) is 109 Å². The highest BCUT2D eigenvalue weighted by molar-refractivity contribution is 5.82. The minimum Gasteiger partial charge on any atom is -0.355 e. The molecular formula is C42H54N6O3. The molecule has 0 spiro atoms. The van der Waals surface area contributed by atoms with Crippen LogP contribution in [0.4, 0.5) is 0 Å². The Morgan fingerprint density at radius 2 is 0.667 bits per heavy atom. The Kier molecular flexibility index (Phi) is 16.4. The van der Waals surface area contributed by atoms with Crippen molar-refractivity contribution in [3.05, 3.63) is 143 Å². The van der Waals surface area contributed by atoms with Crippen LogP contribution in [0.15, 0.2) is 109 Å². The molecule has 0 saturated heterocycles. The highest BCUT2D eigenvalue weighted by Crippen LogP contribution is 2.16. The Balaban J connectivity index is 1.26. The standard InChI is InChI=1S/C42H54N6O3/c43-37(28-31-13-4-1-5-14-31)40(49)46-22-10-19-34-25-35(20-11-23-47-41(50)38(44)29-32-15-6-2-7-16-32)27-36(26-34)21-12-24-48-42(51)39(45)30-33-17-8-3-9-18-33/h1-9,13-18,25-27,37-39H,10-12,19-24,28-30,43-45H2,(H,46,49)(H,47,50)(H,48,51)/t37-,38-,39-/m0/s1. The Morgan fingerprint density at radius 1 is 0.412 bits per heavy atom. The summed E-state index contributed by atoms with van der Waals surface area (Å²) >= 11 is 0. The zero-order valence-corrected chi connectivity index (χ0v) is 29.6. The van der Waals surface area contributed by atoms with E-state index in [0.29, 0.717) is 38.9 Å².